The summed E-state index contributed by atoms with van der Waals surface area (Å²) >= 11 is 7.11. The highest BCUT2D eigenvalue weighted by Crippen LogP contribution is 2.38. The van der Waals surface area contributed by atoms with Gasteiger partial charge in [-0.2, -0.15) is 0 Å². The maximum absolute atomic E-state index is 3.56. The molecule has 0 heterocycles. The van der Waals surface area contributed by atoms with Gasteiger partial charge in [-0.05, 0) is 41.0 Å². The highest BCUT2D eigenvalue weighted by Gasteiger charge is 2.27. The first-order chi connectivity index (χ1) is 7.10. The van der Waals surface area contributed by atoms with Gasteiger partial charge < -0.3 is 0 Å². The van der Waals surface area contributed by atoms with E-state index in [4.69, 9.17) is 0 Å². The van der Waals surface area contributed by atoms with E-state index in [-0.39, 0.29) is 5.41 Å². The summed E-state index contributed by atoms with van der Waals surface area (Å²) in [7, 11) is 0. The van der Waals surface area contributed by atoms with Gasteiger partial charge in [-0.1, -0.05) is 66.5 Å². The Kier molecular flexibility index (Phi) is 4.29. The van der Waals surface area contributed by atoms with E-state index in [1.807, 2.05) is 0 Å². The van der Waals surface area contributed by atoms with Crippen LogP contribution in [0.1, 0.15) is 46.6 Å². The number of hydrogen-bond donors (Lipinski definition) is 0. The third-order valence-corrected chi connectivity index (χ3v) is 3.53. The quantitative estimate of drug-likeness (QED) is 0.622. The first-order valence-electron chi connectivity index (χ1n) is 5.57. The third-order valence-electron chi connectivity index (χ3n) is 2.62. The largest absolute Gasteiger partial charge is 0.0601 e. The van der Waals surface area contributed by atoms with E-state index < -0.39 is 0 Å². The zero-order chi connectivity index (χ0) is 12.6. The SMILES string of the molecule is CC(C)(C)CC(C)(C)c1cc(Br)cc(Br)c1. The molecular formula is C14H20Br2. The molecule has 0 N–H and O–H groups in total. The smallest absolute Gasteiger partial charge is 0.0189 e. The van der Waals surface area contributed by atoms with Gasteiger partial charge in [0.1, 0.15) is 0 Å². The van der Waals surface area contributed by atoms with Crippen LogP contribution in [0.3, 0.4) is 0 Å². The maximum Gasteiger partial charge on any atom is 0.0189 e. The molecule has 0 radical (unpaired) electrons. The Morgan fingerprint density at radius 2 is 1.31 bits per heavy atom. The van der Waals surface area contributed by atoms with Crippen molar-refractivity contribution in [2.24, 2.45) is 5.41 Å². The molecule has 0 aliphatic rings. The monoisotopic (exact) mass is 346 g/mol. The van der Waals surface area contributed by atoms with E-state index in [1.165, 1.54) is 12.0 Å². The Balaban J connectivity index is 3.06. The molecular weight excluding hydrogens is 328 g/mol. The predicted octanol–water partition coefficient (Wildman–Crippen LogP) is 5.93. The second-order valence-corrected chi connectivity index (χ2v) is 8.11. The van der Waals surface area contributed by atoms with Crippen LogP contribution in [-0.2, 0) is 5.41 Å². The molecule has 0 nitrogen and oxygen atoms in total. The lowest BCUT2D eigenvalue weighted by atomic mass is 9.72. The van der Waals surface area contributed by atoms with E-state index in [0.717, 1.165) is 8.95 Å². The molecule has 0 saturated heterocycles. The van der Waals surface area contributed by atoms with Crippen molar-refractivity contribution in [3.05, 3.63) is 32.7 Å². The second kappa shape index (κ2) is 4.81. The Hall–Kier alpha value is 0.180. The minimum Gasteiger partial charge on any atom is -0.0601 e. The van der Waals surface area contributed by atoms with E-state index in [2.05, 4.69) is 84.7 Å². The third kappa shape index (κ3) is 4.21. The molecule has 0 fully saturated rings. The number of rotatable bonds is 2. The van der Waals surface area contributed by atoms with Crippen LogP contribution in [0.5, 0.6) is 0 Å². The van der Waals surface area contributed by atoms with Crippen LogP contribution in [0.2, 0.25) is 0 Å². The summed E-state index contributed by atoms with van der Waals surface area (Å²) in [5, 5.41) is 0. The van der Waals surface area contributed by atoms with Crippen LogP contribution in [0.4, 0.5) is 0 Å². The molecule has 1 aromatic rings. The zero-order valence-electron chi connectivity index (χ0n) is 10.7. The Morgan fingerprint density at radius 1 is 0.875 bits per heavy atom. The van der Waals surface area contributed by atoms with Crippen LogP contribution in [-0.4, -0.2) is 0 Å². The Labute approximate surface area is 116 Å². The minimum absolute atomic E-state index is 0.199. The van der Waals surface area contributed by atoms with Crippen LogP contribution in [0.25, 0.3) is 0 Å². The van der Waals surface area contributed by atoms with E-state index in [0.29, 0.717) is 5.41 Å². The maximum atomic E-state index is 3.56. The molecule has 2 heteroatoms. The highest BCUT2D eigenvalue weighted by atomic mass is 79.9. The highest BCUT2D eigenvalue weighted by molar-refractivity contribution is 9.11. The molecule has 0 aliphatic carbocycles. The van der Waals surface area contributed by atoms with Crippen LogP contribution in [0, 0.1) is 5.41 Å². The molecule has 0 bridgehead atoms. The summed E-state index contributed by atoms with van der Waals surface area (Å²) < 4.78 is 2.28. The molecule has 0 unspecified atom stereocenters. The molecule has 0 aromatic heterocycles. The molecule has 16 heavy (non-hydrogen) atoms. The lowest BCUT2D eigenvalue weighted by Gasteiger charge is -2.33. The van der Waals surface area contributed by atoms with Gasteiger partial charge in [0.05, 0.1) is 0 Å². The molecule has 0 amide bonds. The van der Waals surface area contributed by atoms with Crippen molar-refractivity contribution in [3.8, 4) is 0 Å². The van der Waals surface area contributed by atoms with Crippen molar-refractivity contribution >= 4 is 31.9 Å². The van der Waals surface area contributed by atoms with Gasteiger partial charge in [0, 0.05) is 8.95 Å². The summed E-state index contributed by atoms with van der Waals surface area (Å²) in [6.45, 7) is 11.5. The molecule has 0 aliphatic heterocycles. The lowest BCUT2D eigenvalue weighted by Crippen LogP contribution is -2.24. The van der Waals surface area contributed by atoms with Gasteiger partial charge in [-0.15, -0.1) is 0 Å². The van der Waals surface area contributed by atoms with Crippen molar-refractivity contribution in [3.63, 3.8) is 0 Å². The molecule has 0 spiro atoms. The minimum atomic E-state index is 0.199. The number of benzene rings is 1. The van der Waals surface area contributed by atoms with Crippen molar-refractivity contribution in [2.75, 3.05) is 0 Å². The van der Waals surface area contributed by atoms with E-state index >= 15 is 0 Å². The molecule has 1 aromatic carbocycles. The lowest BCUT2D eigenvalue weighted by molar-refractivity contribution is 0.284. The molecule has 0 saturated carbocycles. The summed E-state index contributed by atoms with van der Waals surface area (Å²) in [4.78, 5) is 0. The summed E-state index contributed by atoms with van der Waals surface area (Å²) in [6.07, 6.45) is 1.17. The van der Waals surface area contributed by atoms with Crippen LogP contribution in [0.15, 0.2) is 27.1 Å². The zero-order valence-corrected chi connectivity index (χ0v) is 13.9. The normalized spacial score (nSPS) is 12.9. The Bertz CT molecular complexity index is 353. The predicted molar refractivity (Wildman–Crippen MR) is 78.9 cm³/mol. The number of hydrogen-bond acceptors (Lipinski definition) is 0. The molecule has 90 valence electrons. The van der Waals surface area contributed by atoms with Gasteiger partial charge in [0.15, 0.2) is 0 Å². The van der Waals surface area contributed by atoms with E-state index in [9.17, 15) is 0 Å². The van der Waals surface area contributed by atoms with Gasteiger partial charge in [-0.25, -0.2) is 0 Å². The van der Waals surface area contributed by atoms with Crippen molar-refractivity contribution < 1.29 is 0 Å². The van der Waals surface area contributed by atoms with Gasteiger partial charge in [-0.3, -0.25) is 0 Å². The topological polar surface area (TPSA) is 0 Å². The first-order valence-corrected chi connectivity index (χ1v) is 7.15. The standard InChI is InChI=1S/C14H20Br2/c1-13(2,3)9-14(4,5)10-6-11(15)8-12(16)7-10/h6-8H,9H2,1-5H3. The summed E-state index contributed by atoms with van der Waals surface area (Å²) in [5.74, 6) is 0. The second-order valence-electron chi connectivity index (χ2n) is 6.28. The summed E-state index contributed by atoms with van der Waals surface area (Å²) in [6, 6.07) is 6.52. The fourth-order valence-electron chi connectivity index (χ4n) is 2.37. The van der Waals surface area contributed by atoms with E-state index in [1.54, 1.807) is 0 Å². The van der Waals surface area contributed by atoms with Gasteiger partial charge in [0.25, 0.3) is 0 Å². The van der Waals surface area contributed by atoms with Gasteiger partial charge in [0.2, 0.25) is 0 Å². The molecule has 0 atom stereocenters. The van der Waals surface area contributed by atoms with Gasteiger partial charge >= 0.3 is 0 Å². The average Bonchev–Trinajstić information content (AvgIpc) is 1.96. The van der Waals surface area contributed by atoms with Crippen molar-refractivity contribution in [1.29, 1.82) is 0 Å². The fraction of sp³-hybridized carbons (Fsp3) is 0.571. The fourth-order valence-corrected chi connectivity index (χ4v) is 3.67. The van der Waals surface area contributed by atoms with Crippen molar-refractivity contribution in [1.82, 2.24) is 0 Å². The average molecular weight is 348 g/mol. The first kappa shape index (κ1) is 14.2. The summed E-state index contributed by atoms with van der Waals surface area (Å²) in [5.41, 5.74) is 1.92. The Morgan fingerprint density at radius 3 is 1.69 bits per heavy atom. The molecule has 1 rings (SSSR count). The van der Waals surface area contributed by atoms with Crippen molar-refractivity contribution in [2.45, 2.75) is 46.5 Å². The van der Waals surface area contributed by atoms with Crippen LogP contribution < -0.4 is 0 Å². The number of halogens is 2. The van der Waals surface area contributed by atoms with Crippen LogP contribution >= 0.6 is 31.9 Å².